The highest BCUT2D eigenvalue weighted by atomic mass is 16.5. The highest BCUT2D eigenvalue weighted by Gasteiger charge is 2.38. The van der Waals surface area contributed by atoms with Gasteiger partial charge in [-0.05, 0) is 37.6 Å². The number of benzene rings is 2. The molecule has 0 saturated carbocycles. The minimum atomic E-state index is -0.620. The van der Waals surface area contributed by atoms with Gasteiger partial charge in [-0.2, -0.15) is 0 Å². The molecule has 0 unspecified atom stereocenters. The first-order chi connectivity index (χ1) is 13.9. The summed E-state index contributed by atoms with van der Waals surface area (Å²) in [7, 11) is 2.94. The van der Waals surface area contributed by atoms with Crippen molar-refractivity contribution in [1.82, 2.24) is 4.98 Å². The summed E-state index contributed by atoms with van der Waals surface area (Å²) in [6, 6.07) is 13.3. The van der Waals surface area contributed by atoms with Crippen LogP contribution in [-0.4, -0.2) is 31.1 Å². The molecule has 0 bridgehead atoms. The maximum Gasteiger partial charge on any atom is 0.340 e. The normalized spacial score (nSPS) is 15.0. The van der Waals surface area contributed by atoms with Crippen LogP contribution >= 0.6 is 0 Å². The SMILES string of the molecule is COC(=O)c1c(C)[nH]c(-c2cccc(OC)c2)c1[C@H]1C(=O)Nc2ccc(C)cc21. The van der Waals surface area contributed by atoms with Crippen LogP contribution in [0.15, 0.2) is 42.5 Å². The molecule has 1 aliphatic rings. The van der Waals surface area contributed by atoms with Gasteiger partial charge < -0.3 is 19.8 Å². The van der Waals surface area contributed by atoms with E-state index in [0.717, 1.165) is 22.4 Å². The molecule has 0 aliphatic carbocycles. The lowest BCUT2D eigenvalue weighted by Crippen LogP contribution is -2.17. The number of amides is 1. The molecule has 0 radical (unpaired) electrons. The van der Waals surface area contributed by atoms with Crippen LogP contribution in [0.1, 0.15) is 38.7 Å². The average molecular weight is 390 g/mol. The van der Waals surface area contributed by atoms with Gasteiger partial charge in [0.1, 0.15) is 5.75 Å². The predicted octanol–water partition coefficient (Wildman–Crippen LogP) is 4.18. The molecular formula is C23H22N2O4. The van der Waals surface area contributed by atoms with E-state index in [9.17, 15) is 9.59 Å². The number of anilines is 1. The Morgan fingerprint density at radius 2 is 1.86 bits per heavy atom. The van der Waals surface area contributed by atoms with Gasteiger partial charge in [0.05, 0.1) is 31.4 Å². The Morgan fingerprint density at radius 1 is 1.07 bits per heavy atom. The molecule has 6 nitrogen and oxygen atoms in total. The van der Waals surface area contributed by atoms with E-state index < -0.39 is 11.9 Å². The highest BCUT2D eigenvalue weighted by molar-refractivity contribution is 6.08. The molecule has 2 aromatic carbocycles. The quantitative estimate of drug-likeness (QED) is 0.655. The Hall–Kier alpha value is -3.54. The first kappa shape index (κ1) is 18.8. The van der Waals surface area contributed by atoms with Crippen LogP contribution in [0.2, 0.25) is 0 Å². The molecule has 0 spiro atoms. The fourth-order valence-corrected chi connectivity index (χ4v) is 3.97. The Labute approximate surface area is 168 Å². The molecule has 1 aliphatic heterocycles. The van der Waals surface area contributed by atoms with Gasteiger partial charge in [0.25, 0.3) is 0 Å². The summed E-state index contributed by atoms with van der Waals surface area (Å²) < 4.78 is 10.4. The minimum absolute atomic E-state index is 0.168. The van der Waals surface area contributed by atoms with Crippen LogP contribution in [0.5, 0.6) is 5.75 Å². The van der Waals surface area contributed by atoms with Crippen LogP contribution < -0.4 is 10.1 Å². The smallest absolute Gasteiger partial charge is 0.340 e. The van der Waals surface area contributed by atoms with Crippen molar-refractivity contribution in [3.63, 3.8) is 0 Å². The molecule has 1 amide bonds. The van der Waals surface area contributed by atoms with Gasteiger partial charge in [-0.3, -0.25) is 4.79 Å². The third-order valence-corrected chi connectivity index (χ3v) is 5.30. The van der Waals surface area contributed by atoms with Crippen molar-refractivity contribution < 1.29 is 19.1 Å². The summed E-state index contributed by atoms with van der Waals surface area (Å²) >= 11 is 0. The van der Waals surface area contributed by atoms with Gasteiger partial charge >= 0.3 is 5.97 Å². The van der Waals surface area contributed by atoms with E-state index in [1.165, 1.54) is 7.11 Å². The summed E-state index contributed by atoms with van der Waals surface area (Å²) in [6.07, 6.45) is 0. The highest BCUT2D eigenvalue weighted by Crippen LogP contribution is 2.44. The second kappa shape index (κ2) is 7.13. The number of methoxy groups -OCH3 is 2. The lowest BCUT2D eigenvalue weighted by molar-refractivity contribution is -0.116. The summed E-state index contributed by atoms with van der Waals surface area (Å²) in [5.41, 5.74) is 5.84. The Morgan fingerprint density at radius 3 is 2.59 bits per heavy atom. The molecule has 4 rings (SSSR count). The van der Waals surface area contributed by atoms with Crippen LogP contribution in [0.3, 0.4) is 0 Å². The molecule has 1 atom stereocenters. The van der Waals surface area contributed by atoms with Gasteiger partial charge in [-0.1, -0.05) is 29.8 Å². The van der Waals surface area contributed by atoms with Crippen LogP contribution in [0, 0.1) is 13.8 Å². The zero-order chi connectivity index (χ0) is 20.7. The topological polar surface area (TPSA) is 80.4 Å². The number of nitrogens with one attached hydrogen (secondary N) is 2. The van der Waals surface area contributed by atoms with E-state index in [1.54, 1.807) is 7.11 Å². The van der Waals surface area contributed by atoms with Gasteiger partial charge in [0, 0.05) is 22.5 Å². The lowest BCUT2D eigenvalue weighted by atomic mass is 9.87. The third-order valence-electron chi connectivity index (χ3n) is 5.30. The Balaban J connectivity index is 2.00. The number of hydrogen-bond donors (Lipinski definition) is 2. The summed E-state index contributed by atoms with van der Waals surface area (Å²) in [6.45, 7) is 3.79. The fraction of sp³-hybridized carbons (Fsp3) is 0.217. The molecular weight excluding hydrogens is 368 g/mol. The van der Waals surface area contributed by atoms with E-state index in [-0.39, 0.29) is 5.91 Å². The van der Waals surface area contributed by atoms with Gasteiger partial charge in [0.2, 0.25) is 5.91 Å². The van der Waals surface area contributed by atoms with Crippen molar-refractivity contribution in [1.29, 1.82) is 0 Å². The third kappa shape index (κ3) is 3.06. The van der Waals surface area contributed by atoms with Crippen LogP contribution in [-0.2, 0) is 9.53 Å². The van der Waals surface area contributed by atoms with E-state index in [4.69, 9.17) is 9.47 Å². The number of hydrogen-bond acceptors (Lipinski definition) is 4. The van der Waals surface area contributed by atoms with E-state index in [2.05, 4.69) is 10.3 Å². The molecule has 0 saturated heterocycles. The molecule has 148 valence electrons. The zero-order valence-corrected chi connectivity index (χ0v) is 16.8. The average Bonchev–Trinajstić information content (AvgIpc) is 3.22. The maximum absolute atomic E-state index is 13.0. The number of carbonyl (C=O) groups excluding carboxylic acids is 2. The summed E-state index contributed by atoms with van der Waals surface area (Å²) in [4.78, 5) is 29.0. The van der Waals surface area contributed by atoms with Gasteiger partial charge in [0.15, 0.2) is 0 Å². The molecule has 3 aromatic rings. The standard InChI is InChI=1S/C23H22N2O4/c1-12-8-9-17-16(10-12)19(22(26)25-17)20-18(23(27)29-4)13(2)24-21(20)14-6-5-7-15(11-14)28-3/h5-11,19,24H,1-4H3,(H,25,26)/t19-/m0/s1. The zero-order valence-electron chi connectivity index (χ0n) is 16.8. The van der Waals surface area contributed by atoms with Crippen molar-refractivity contribution in [2.75, 3.05) is 19.5 Å². The van der Waals surface area contributed by atoms with Crippen LogP contribution in [0.4, 0.5) is 5.69 Å². The van der Waals surface area contributed by atoms with Gasteiger partial charge in [-0.15, -0.1) is 0 Å². The van der Waals surface area contributed by atoms with Crippen molar-refractivity contribution in [2.45, 2.75) is 19.8 Å². The largest absolute Gasteiger partial charge is 0.497 e. The number of aryl methyl sites for hydroxylation is 2. The number of aromatic nitrogens is 1. The molecule has 2 N–H and O–H groups in total. The van der Waals surface area contributed by atoms with Crippen molar-refractivity contribution in [3.8, 4) is 17.0 Å². The Kier molecular flexibility index (Phi) is 4.62. The van der Waals surface area contributed by atoms with Crippen molar-refractivity contribution in [3.05, 3.63) is 70.4 Å². The second-order valence-corrected chi connectivity index (χ2v) is 7.15. The number of fused-ring (bicyclic) bond motifs is 1. The molecule has 6 heteroatoms. The number of H-pyrrole nitrogens is 1. The summed E-state index contributed by atoms with van der Waals surface area (Å²) in [5.74, 6) is -0.576. The molecule has 0 fully saturated rings. The first-order valence-electron chi connectivity index (χ1n) is 9.31. The number of ether oxygens (including phenoxy) is 2. The monoisotopic (exact) mass is 390 g/mol. The van der Waals surface area contributed by atoms with E-state index >= 15 is 0 Å². The molecule has 2 heterocycles. The van der Waals surface area contributed by atoms with Crippen molar-refractivity contribution in [2.24, 2.45) is 0 Å². The lowest BCUT2D eigenvalue weighted by Gasteiger charge is -2.14. The summed E-state index contributed by atoms with van der Waals surface area (Å²) in [5, 5.41) is 2.94. The fourth-order valence-electron chi connectivity index (χ4n) is 3.97. The molecule has 29 heavy (non-hydrogen) atoms. The number of rotatable bonds is 4. The molecule has 1 aromatic heterocycles. The minimum Gasteiger partial charge on any atom is -0.497 e. The van der Waals surface area contributed by atoms with Crippen LogP contribution in [0.25, 0.3) is 11.3 Å². The maximum atomic E-state index is 13.0. The number of esters is 1. The first-order valence-corrected chi connectivity index (χ1v) is 9.31. The number of aromatic amines is 1. The van der Waals surface area contributed by atoms with Crippen molar-refractivity contribution >= 4 is 17.6 Å². The van der Waals surface area contributed by atoms with Gasteiger partial charge in [-0.25, -0.2) is 4.79 Å². The second-order valence-electron chi connectivity index (χ2n) is 7.15. The van der Waals surface area contributed by atoms with E-state index in [0.29, 0.717) is 28.3 Å². The number of carbonyl (C=O) groups is 2. The Bertz CT molecular complexity index is 1130. The predicted molar refractivity (Wildman–Crippen MR) is 111 cm³/mol. The van der Waals surface area contributed by atoms with E-state index in [1.807, 2.05) is 56.3 Å².